The lowest BCUT2D eigenvalue weighted by Crippen LogP contribution is -2.15. The van der Waals surface area contributed by atoms with Crippen molar-refractivity contribution in [2.75, 3.05) is 18.9 Å². The van der Waals surface area contributed by atoms with Crippen LogP contribution in [-0.4, -0.2) is 22.6 Å². The van der Waals surface area contributed by atoms with Crippen LogP contribution in [0.3, 0.4) is 0 Å². The number of aryl methyl sites for hydroxylation is 2. The number of sulfonamides is 1. The van der Waals surface area contributed by atoms with E-state index in [1.807, 2.05) is 13.0 Å². The third-order valence-electron chi connectivity index (χ3n) is 3.27. The summed E-state index contributed by atoms with van der Waals surface area (Å²) >= 11 is 0. The fourth-order valence-electron chi connectivity index (χ4n) is 2.18. The van der Waals surface area contributed by atoms with E-state index >= 15 is 0 Å². The molecule has 118 valence electrons. The smallest absolute Gasteiger partial charge is 0.262 e. The summed E-state index contributed by atoms with van der Waals surface area (Å²) in [5.74, 6) is 0.985. The van der Waals surface area contributed by atoms with E-state index in [0.717, 1.165) is 5.56 Å². The van der Waals surface area contributed by atoms with Gasteiger partial charge >= 0.3 is 0 Å². The summed E-state index contributed by atoms with van der Waals surface area (Å²) in [5, 5.41) is 0. The average molecular weight is 321 g/mol. The molecule has 0 radical (unpaired) electrons. The van der Waals surface area contributed by atoms with Gasteiger partial charge in [0, 0.05) is 6.07 Å². The highest BCUT2D eigenvalue weighted by molar-refractivity contribution is 7.92. The molecule has 0 bridgehead atoms. The van der Waals surface area contributed by atoms with E-state index in [1.54, 1.807) is 37.3 Å². The van der Waals surface area contributed by atoms with E-state index in [0.29, 0.717) is 22.7 Å². The second kappa shape index (κ2) is 6.27. The summed E-state index contributed by atoms with van der Waals surface area (Å²) in [4.78, 5) is 0.246. The molecule has 2 rings (SSSR count). The van der Waals surface area contributed by atoms with Crippen LogP contribution in [0.4, 0.5) is 5.69 Å². The number of benzene rings is 2. The van der Waals surface area contributed by atoms with Gasteiger partial charge in [-0.1, -0.05) is 17.7 Å². The molecule has 0 fully saturated rings. The Labute approximate surface area is 130 Å². The van der Waals surface area contributed by atoms with E-state index in [1.165, 1.54) is 14.2 Å². The van der Waals surface area contributed by atoms with Crippen molar-refractivity contribution in [2.45, 2.75) is 18.7 Å². The third-order valence-corrected chi connectivity index (χ3v) is 4.80. The Morgan fingerprint density at radius 1 is 0.955 bits per heavy atom. The topological polar surface area (TPSA) is 64.6 Å². The molecule has 0 saturated carbocycles. The van der Waals surface area contributed by atoms with Crippen LogP contribution in [0, 0.1) is 13.8 Å². The van der Waals surface area contributed by atoms with E-state index in [9.17, 15) is 8.42 Å². The molecular weight excluding hydrogens is 302 g/mol. The number of methoxy groups -OCH3 is 2. The highest BCUT2D eigenvalue weighted by atomic mass is 32.2. The molecule has 0 unspecified atom stereocenters. The minimum atomic E-state index is -3.68. The highest BCUT2D eigenvalue weighted by Crippen LogP contribution is 2.31. The van der Waals surface area contributed by atoms with Crippen molar-refractivity contribution >= 4 is 15.7 Å². The Morgan fingerprint density at radius 3 is 2.27 bits per heavy atom. The fourth-order valence-corrected chi connectivity index (χ4v) is 3.48. The Balaban J connectivity index is 2.40. The standard InChI is InChI=1S/C16H19NO4S/c1-11-5-8-16(12(2)9-11)22(18,19)17-14-7-6-13(20-3)10-15(14)21-4/h5-10,17H,1-4H3. The van der Waals surface area contributed by atoms with Crippen molar-refractivity contribution in [3.05, 3.63) is 47.5 Å². The maximum atomic E-state index is 12.6. The number of rotatable bonds is 5. The molecule has 0 atom stereocenters. The van der Waals surface area contributed by atoms with Gasteiger partial charge < -0.3 is 9.47 Å². The molecule has 2 aromatic carbocycles. The summed E-state index contributed by atoms with van der Waals surface area (Å²) in [6, 6.07) is 10.1. The molecule has 0 saturated heterocycles. The molecule has 0 aliphatic rings. The lowest BCUT2D eigenvalue weighted by atomic mass is 10.2. The predicted molar refractivity (Wildman–Crippen MR) is 86.3 cm³/mol. The highest BCUT2D eigenvalue weighted by Gasteiger charge is 2.19. The van der Waals surface area contributed by atoms with Crippen LogP contribution < -0.4 is 14.2 Å². The molecule has 0 amide bonds. The second-order valence-electron chi connectivity index (χ2n) is 4.94. The van der Waals surface area contributed by atoms with Crippen LogP contribution in [0.2, 0.25) is 0 Å². The van der Waals surface area contributed by atoms with Gasteiger partial charge in [0.15, 0.2) is 0 Å². The average Bonchev–Trinajstić information content (AvgIpc) is 2.46. The van der Waals surface area contributed by atoms with Crippen molar-refractivity contribution in [3.63, 3.8) is 0 Å². The van der Waals surface area contributed by atoms with Crippen LogP contribution in [0.5, 0.6) is 11.5 Å². The molecule has 1 N–H and O–H groups in total. The Bertz CT molecular complexity index is 785. The number of nitrogens with one attached hydrogen (secondary N) is 1. The Hall–Kier alpha value is -2.21. The first-order chi connectivity index (χ1) is 10.4. The number of ether oxygens (including phenoxy) is 2. The first kappa shape index (κ1) is 16.2. The monoisotopic (exact) mass is 321 g/mol. The van der Waals surface area contributed by atoms with Gasteiger partial charge in [-0.3, -0.25) is 4.72 Å². The second-order valence-corrected chi connectivity index (χ2v) is 6.59. The van der Waals surface area contributed by atoms with E-state index in [4.69, 9.17) is 9.47 Å². The van der Waals surface area contributed by atoms with Crippen molar-refractivity contribution in [1.29, 1.82) is 0 Å². The van der Waals surface area contributed by atoms with Gasteiger partial charge in [0.25, 0.3) is 10.0 Å². The largest absolute Gasteiger partial charge is 0.497 e. The minimum absolute atomic E-state index is 0.246. The molecule has 0 aliphatic carbocycles. The Kier molecular flexibility index (Phi) is 4.61. The molecule has 6 heteroatoms. The molecular formula is C16H19NO4S. The molecule has 0 spiro atoms. The maximum Gasteiger partial charge on any atom is 0.262 e. The maximum absolute atomic E-state index is 12.6. The van der Waals surface area contributed by atoms with E-state index in [-0.39, 0.29) is 4.90 Å². The Morgan fingerprint density at radius 2 is 1.68 bits per heavy atom. The predicted octanol–water partition coefficient (Wildman–Crippen LogP) is 3.12. The number of hydrogen-bond donors (Lipinski definition) is 1. The summed E-state index contributed by atoms with van der Waals surface area (Å²) in [6.45, 7) is 3.69. The quantitative estimate of drug-likeness (QED) is 0.919. The molecule has 2 aromatic rings. The van der Waals surface area contributed by atoms with Crippen LogP contribution >= 0.6 is 0 Å². The van der Waals surface area contributed by atoms with Crippen LogP contribution in [0.25, 0.3) is 0 Å². The van der Waals surface area contributed by atoms with Crippen LogP contribution in [0.15, 0.2) is 41.3 Å². The molecule has 22 heavy (non-hydrogen) atoms. The summed E-state index contributed by atoms with van der Waals surface area (Å²) < 4.78 is 38.0. The van der Waals surface area contributed by atoms with Crippen molar-refractivity contribution < 1.29 is 17.9 Å². The fraction of sp³-hybridized carbons (Fsp3) is 0.250. The minimum Gasteiger partial charge on any atom is -0.497 e. The summed E-state index contributed by atoms with van der Waals surface area (Å²) in [5.41, 5.74) is 2.07. The summed E-state index contributed by atoms with van der Waals surface area (Å²) in [7, 11) is -0.672. The van der Waals surface area contributed by atoms with Gasteiger partial charge in [-0.2, -0.15) is 0 Å². The first-order valence-electron chi connectivity index (χ1n) is 6.69. The molecule has 0 aliphatic heterocycles. The van der Waals surface area contributed by atoms with Crippen molar-refractivity contribution in [2.24, 2.45) is 0 Å². The zero-order valence-corrected chi connectivity index (χ0v) is 13.8. The molecule has 0 aromatic heterocycles. The molecule has 0 heterocycles. The van der Waals surface area contributed by atoms with Gasteiger partial charge in [0.1, 0.15) is 11.5 Å². The normalized spacial score (nSPS) is 11.1. The third kappa shape index (κ3) is 3.33. The lowest BCUT2D eigenvalue weighted by Gasteiger charge is -2.14. The van der Waals surface area contributed by atoms with Crippen LogP contribution in [-0.2, 0) is 10.0 Å². The van der Waals surface area contributed by atoms with Crippen LogP contribution in [0.1, 0.15) is 11.1 Å². The number of hydrogen-bond acceptors (Lipinski definition) is 4. The summed E-state index contributed by atoms with van der Waals surface area (Å²) in [6.07, 6.45) is 0. The van der Waals surface area contributed by atoms with Gasteiger partial charge in [-0.15, -0.1) is 0 Å². The van der Waals surface area contributed by atoms with Crippen molar-refractivity contribution in [1.82, 2.24) is 0 Å². The van der Waals surface area contributed by atoms with Gasteiger partial charge in [0.05, 0.1) is 24.8 Å². The first-order valence-corrected chi connectivity index (χ1v) is 8.18. The van der Waals surface area contributed by atoms with Crippen molar-refractivity contribution in [3.8, 4) is 11.5 Å². The van der Waals surface area contributed by atoms with Gasteiger partial charge in [0.2, 0.25) is 0 Å². The van der Waals surface area contributed by atoms with E-state index in [2.05, 4.69) is 4.72 Å². The van der Waals surface area contributed by atoms with Gasteiger partial charge in [-0.25, -0.2) is 8.42 Å². The zero-order chi connectivity index (χ0) is 16.3. The molecule has 5 nitrogen and oxygen atoms in total. The number of anilines is 1. The zero-order valence-electron chi connectivity index (χ0n) is 13.0. The SMILES string of the molecule is COc1ccc(NS(=O)(=O)c2ccc(C)cc2C)c(OC)c1. The van der Waals surface area contributed by atoms with E-state index < -0.39 is 10.0 Å². The van der Waals surface area contributed by atoms with Gasteiger partial charge in [-0.05, 0) is 37.6 Å². The lowest BCUT2D eigenvalue weighted by molar-refractivity contribution is 0.395.